The SMILES string of the molecule is C1CC(NCC2CC3CCC2C3)CCS1. The molecule has 3 unspecified atom stereocenters. The van der Waals surface area contributed by atoms with Gasteiger partial charge in [0, 0.05) is 6.04 Å². The Bertz CT molecular complexity index is 213. The first kappa shape index (κ1) is 10.5. The van der Waals surface area contributed by atoms with Crippen LogP contribution in [-0.2, 0) is 0 Å². The molecule has 3 rings (SSSR count). The Balaban J connectivity index is 1.42. The van der Waals surface area contributed by atoms with Gasteiger partial charge in [-0.1, -0.05) is 6.42 Å². The van der Waals surface area contributed by atoms with E-state index in [1.807, 2.05) is 0 Å². The van der Waals surface area contributed by atoms with Gasteiger partial charge < -0.3 is 5.32 Å². The molecule has 1 N–H and O–H groups in total. The zero-order valence-electron chi connectivity index (χ0n) is 9.58. The van der Waals surface area contributed by atoms with Gasteiger partial charge in [0.25, 0.3) is 0 Å². The highest BCUT2D eigenvalue weighted by Crippen LogP contribution is 2.48. The molecule has 1 aliphatic heterocycles. The van der Waals surface area contributed by atoms with Crippen LogP contribution < -0.4 is 5.32 Å². The van der Waals surface area contributed by atoms with Gasteiger partial charge in [-0.25, -0.2) is 0 Å². The molecule has 0 aromatic rings. The smallest absolute Gasteiger partial charge is 0.00828 e. The number of rotatable bonds is 3. The number of hydrogen-bond acceptors (Lipinski definition) is 2. The van der Waals surface area contributed by atoms with Crippen LogP contribution in [0.15, 0.2) is 0 Å². The van der Waals surface area contributed by atoms with Crippen LogP contribution in [0.2, 0.25) is 0 Å². The monoisotopic (exact) mass is 225 g/mol. The molecule has 0 aromatic carbocycles. The highest BCUT2D eigenvalue weighted by molar-refractivity contribution is 7.99. The van der Waals surface area contributed by atoms with Crippen LogP contribution >= 0.6 is 11.8 Å². The van der Waals surface area contributed by atoms with Crippen molar-refractivity contribution in [3.63, 3.8) is 0 Å². The molecule has 0 amide bonds. The Kier molecular flexibility index (Phi) is 3.25. The molecule has 2 saturated carbocycles. The van der Waals surface area contributed by atoms with Gasteiger partial charge >= 0.3 is 0 Å². The Labute approximate surface area is 97.8 Å². The van der Waals surface area contributed by atoms with Gasteiger partial charge in [0.1, 0.15) is 0 Å². The molecule has 1 nitrogen and oxygen atoms in total. The van der Waals surface area contributed by atoms with E-state index in [-0.39, 0.29) is 0 Å². The molecular formula is C13H23NS. The van der Waals surface area contributed by atoms with Gasteiger partial charge in [-0.05, 0) is 67.9 Å². The Morgan fingerprint density at radius 1 is 1.00 bits per heavy atom. The summed E-state index contributed by atoms with van der Waals surface area (Å²) in [5.74, 6) is 6.02. The quantitative estimate of drug-likeness (QED) is 0.792. The third kappa shape index (κ3) is 2.36. The van der Waals surface area contributed by atoms with Gasteiger partial charge in [0.05, 0.1) is 0 Å². The average Bonchev–Trinajstić information content (AvgIpc) is 2.89. The first-order valence-corrected chi connectivity index (χ1v) is 7.88. The standard InChI is InChI=1S/C13H23NS/c1-2-11-7-10(1)8-12(11)9-14-13-3-5-15-6-4-13/h10-14H,1-9H2. The molecule has 86 valence electrons. The number of thioether (sulfide) groups is 1. The van der Waals surface area contributed by atoms with Crippen molar-refractivity contribution in [2.45, 2.75) is 44.6 Å². The van der Waals surface area contributed by atoms with Gasteiger partial charge in [-0.2, -0.15) is 11.8 Å². The molecule has 0 aromatic heterocycles. The molecule has 3 fully saturated rings. The van der Waals surface area contributed by atoms with Crippen molar-refractivity contribution in [3.05, 3.63) is 0 Å². The molecule has 2 heteroatoms. The minimum absolute atomic E-state index is 0.852. The maximum absolute atomic E-state index is 3.84. The maximum Gasteiger partial charge on any atom is 0.00828 e. The first-order chi connectivity index (χ1) is 7.42. The summed E-state index contributed by atoms with van der Waals surface area (Å²) in [6, 6.07) is 0.852. The molecule has 3 aliphatic rings. The van der Waals surface area contributed by atoms with E-state index in [4.69, 9.17) is 0 Å². The molecule has 3 atom stereocenters. The molecule has 1 heterocycles. The van der Waals surface area contributed by atoms with Crippen molar-refractivity contribution in [3.8, 4) is 0 Å². The second-order valence-corrected chi connectivity index (χ2v) is 6.95. The largest absolute Gasteiger partial charge is 0.314 e. The van der Waals surface area contributed by atoms with Crippen LogP contribution in [-0.4, -0.2) is 24.1 Å². The van der Waals surface area contributed by atoms with Crippen LogP contribution in [0.1, 0.15) is 38.5 Å². The summed E-state index contributed by atoms with van der Waals surface area (Å²) in [7, 11) is 0. The van der Waals surface area contributed by atoms with E-state index in [0.29, 0.717) is 0 Å². The van der Waals surface area contributed by atoms with Crippen LogP contribution in [0.3, 0.4) is 0 Å². The zero-order chi connectivity index (χ0) is 10.1. The summed E-state index contributed by atoms with van der Waals surface area (Å²) in [4.78, 5) is 0. The van der Waals surface area contributed by atoms with E-state index >= 15 is 0 Å². The lowest BCUT2D eigenvalue weighted by Gasteiger charge is -2.27. The summed E-state index contributed by atoms with van der Waals surface area (Å²) in [6.07, 6.45) is 9.00. The van der Waals surface area contributed by atoms with Crippen molar-refractivity contribution < 1.29 is 0 Å². The fourth-order valence-electron chi connectivity index (χ4n) is 3.85. The minimum atomic E-state index is 0.852. The summed E-state index contributed by atoms with van der Waals surface area (Å²) in [5, 5.41) is 3.84. The number of hydrogen-bond donors (Lipinski definition) is 1. The molecule has 1 saturated heterocycles. The lowest BCUT2D eigenvalue weighted by atomic mass is 9.88. The van der Waals surface area contributed by atoms with E-state index in [9.17, 15) is 0 Å². The Morgan fingerprint density at radius 2 is 1.87 bits per heavy atom. The maximum atomic E-state index is 3.84. The molecule has 15 heavy (non-hydrogen) atoms. The van der Waals surface area contributed by atoms with Crippen molar-refractivity contribution in [2.24, 2.45) is 17.8 Å². The molecule has 0 spiro atoms. The molecule has 2 aliphatic carbocycles. The number of fused-ring (bicyclic) bond motifs is 2. The fraction of sp³-hybridized carbons (Fsp3) is 1.00. The van der Waals surface area contributed by atoms with Crippen molar-refractivity contribution in [2.75, 3.05) is 18.1 Å². The average molecular weight is 225 g/mol. The van der Waals surface area contributed by atoms with Gasteiger partial charge in [-0.15, -0.1) is 0 Å². The summed E-state index contributed by atoms with van der Waals surface area (Å²) < 4.78 is 0. The normalized spacial score (nSPS) is 41.2. The van der Waals surface area contributed by atoms with E-state index in [0.717, 1.165) is 23.8 Å². The van der Waals surface area contributed by atoms with E-state index < -0.39 is 0 Å². The second-order valence-electron chi connectivity index (χ2n) is 5.73. The third-order valence-electron chi connectivity index (χ3n) is 4.77. The zero-order valence-corrected chi connectivity index (χ0v) is 10.4. The lowest BCUT2D eigenvalue weighted by molar-refractivity contribution is 0.301. The van der Waals surface area contributed by atoms with Crippen LogP contribution in [0.25, 0.3) is 0 Å². The lowest BCUT2D eigenvalue weighted by Crippen LogP contribution is -2.37. The predicted molar refractivity (Wildman–Crippen MR) is 67.3 cm³/mol. The van der Waals surface area contributed by atoms with Crippen molar-refractivity contribution in [1.29, 1.82) is 0 Å². The fourth-order valence-corrected chi connectivity index (χ4v) is 4.95. The van der Waals surface area contributed by atoms with Crippen molar-refractivity contribution in [1.82, 2.24) is 5.32 Å². The minimum Gasteiger partial charge on any atom is -0.314 e. The molecule has 2 bridgehead atoms. The second kappa shape index (κ2) is 4.67. The van der Waals surface area contributed by atoms with Crippen LogP contribution in [0.4, 0.5) is 0 Å². The number of nitrogens with one attached hydrogen (secondary N) is 1. The van der Waals surface area contributed by atoms with E-state index in [1.165, 1.54) is 37.3 Å². The van der Waals surface area contributed by atoms with Gasteiger partial charge in [-0.3, -0.25) is 0 Å². The summed E-state index contributed by atoms with van der Waals surface area (Å²) in [6.45, 7) is 1.33. The van der Waals surface area contributed by atoms with Gasteiger partial charge in [0.2, 0.25) is 0 Å². The third-order valence-corrected chi connectivity index (χ3v) is 5.82. The van der Waals surface area contributed by atoms with E-state index in [1.54, 1.807) is 19.3 Å². The summed E-state index contributed by atoms with van der Waals surface area (Å²) in [5.41, 5.74) is 0. The van der Waals surface area contributed by atoms with E-state index in [2.05, 4.69) is 17.1 Å². The summed E-state index contributed by atoms with van der Waals surface area (Å²) >= 11 is 2.13. The van der Waals surface area contributed by atoms with Gasteiger partial charge in [0.15, 0.2) is 0 Å². The van der Waals surface area contributed by atoms with Crippen LogP contribution in [0.5, 0.6) is 0 Å². The molecular weight excluding hydrogens is 202 g/mol. The highest BCUT2D eigenvalue weighted by Gasteiger charge is 2.39. The topological polar surface area (TPSA) is 12.0 Å². The highest BCUT2D eigenvalue weighted by atomic mass is 32.2. The first-order valence-electron chi connectivity index (χ1n) is 6.73. The Hall–Kier alpha value is 0.310. The van der Waals surface area contributed by atoms with Crippen LogP contribution in [0, 0.1) is 17.8 Å². The van der Waals surface area contributed by atoms with Crippen molar-refractivity contribution >= 4 is 11.8 Å². The Morgan fingerprint density at radius 3 is 2.53 bits per heavy atom. The predicted octanol–water partition coefficient (Wildman–Crippen LogP) is 2.91. The molecule has 0 radical (unpaired) electrons.